The van der Waals surface area contributed by atoms with Crippen molar-refractivity contribution in [2.45, 2.75) is 0 Å². The Kier molecular flexibility index (Phi) is 9.40. The van der Waals surface area contributed by atoms with Crippen molar-refractivity contribution in [3.63, 3.8) is 0 Å². The van der Waals surface area contributed by atoms with Crippen LogP contribution in [-0.4, -0.2) is 50.7 Å². The molecule has 0 rings (SSSR count). The van der Waals surface area contributed by atoms with Crippen LogP contribution in [-0.2, 0) is 4.79 Å². The third-order valence-electron chi connectivity index (χ3n) is 0.338. The van der Waals surface area contributed by atoms with Gasteiger partial charge in [0.2, 0.25) is 0 Å². The molecule has 0 bridgehead atoms. The minimum atomic E-state index is -0.900. The second-order valence-electron chi connectivity index (χ2n) is 1.00. The van der Waals surface area contributed by atoms with Gasteiger partial charge in [-0.25, -0.2) is 0 Å². The van der Waals surface area contributed by atoms with E-state index < -0.39 is 5.97 Å². The van der Waals surface area contributed by atoms with Crippen LogP contribution in [0.5, 0.6) is 0 Å². The van der Waals surface area contributed by atoms with Gasteiger partial charge in [-0.1, -0.05) is 24.0 Å². The van der Waals surface area contributed by atoms with E-state index in [1.807, 2.05) is 0 Å². The van der Waals surface area contributed by atoms with Crippen LogP contribution in [0.2, 0.25) is 0 Å². The number of carboxylic acids is 1. The topological polar surface area (TPSA) is 63.3 Å². The summed E-state index contributed by atoms with van der Waals surface area (Å²) in [6, 6.07) is 0. The number of thioether (sulfide) groups is 1. The molecule has 0 unspecified atom stereocenters. The zero-order chi connectivity index (χ0) is 6.57. The quantitative estimate of drug-likeness (QED) is 0.433. The molecule has 0 spiro atoms. The molecule has 0 fully saturated rings. The normalized spacial score (nSPS) is 7.56. The second kappa shape index (κ2) is 6.82. The molecular formula is C3H6NNaO2S2. The van der Waals surface area contributed by atoms with E-state index in [0.717, 1.165) is 11.8 Å². The Balaban J connectivity index is 0. The summed E-state index contributed by atoms with van der Waals surface area (Å²) < 4.78 is 0.174. The van der Waals surface area contributed by atoms with Crippen molar-refractivity contribution in [3.05, 3.63) is 0 Å². The molecule has 3 N–H and O–H groups in total. The second-order valence-corrected chi connectivity index (χ2v) is 2.72. The molecule has 0 amide bonds. The molecule has 0 aromatic carbocycles. The van der Waals surface area contributed by atoms with Crippen LogP contribution < -0.4 is 5.73 Å². The number of hydrogen-bond donors (Lipinski definition) is 2. The van der Waals surface area contributed by atoms with Crippen LogP contribution in [0.25, 0.3) is 0 Å². The van der Waals surface area contributed by atoms with Gasteiger partial charge in [0, 0.05) is 0 Å². The fraction of sp³-hybridized carbons (Fsp3) is 0.333. The molecular weight excluding hydrogens is 169 g/mol. The van der Waals surface area contributed by atoms with Crippen molar-refractivity contribution in [2.24, 2.45) is 5.73 Å². The SMILES string of the molecule is NC(=S)SCC(=O)O.[NaH]. The van der Waals surface area contributed by atoms with Gasteiger partial charge in [0.1, 0.15) is 4.32 Å². The fourth-order valence-electron chi connectivity index (χ4n) is 0.133. The van der Waals surface area contributed by atoms with E-state index in [-0.39, 0.29) is 39.6 Å². The van der Waals surface area contributed by atoms with E-state index in [2.05, 4.69) is 12.2 Å². The predicted molar refractivity (Wildman–Crippen MR) is 44.0 cm³/mol. The third kappa shape index (κ3) is 12.0. The van der Waals surface area contributed by atoms with E-state index >= 15 is 0 Å². The molecule has 0 radical (unpaired) electrons. The van der Waals surface area contributed by atoms with Crippen molar-refractivity contribution in [2.75, 3.05) is 5.75 Å². The summed E-state index contributed by atoms with van der Waals surface area (Å²) in [7, 11) is 0. The number of aliphatic carboxylic acids is 1. The number of carbonyl (C=O) groups is 1. The summed E-state index contributed by atoms with van der Waals surface area (Å²) in [5, 5.41) is 8.03. The molecule has 6 heteroatoms. The summed E-state index contributed by atoms with van der Waals surface area (Å²) in [5.41, 5.74) is 4.97. The van der Waals surface area contributed by atoms with Crippen molar-refractivity contribution < 1.29 is 9.90 Å². The van der Waals surface area contributed by atoms with Gasteiger partial charge in [-0.05, 0) is 0 Å². The van der Waals surface area contributed by atoms with Gasteiger partial charge in [-0.2, -0.15) is 0 Å². The Morgan fingerprint density at radius 1 is 1.78 bits per heavy atom. The summed E-state index contributed by atoms with van der Waals surface area (Å²) in [6.07, 6.45) is 0. The van der Waals surface area contributed by atoms with Crippen molar-refractivity contribution in [1.82, 2.24) is 0 Å². The van der Waals surface area contributed by atoms with Crippen LogP contribution in [0, 0.1) is 0 Å². The van der Waals surface area contributed by atoms with Crippen LogP contribution >= 0.6 is 24.0 Å². The zero-order valence-corrected chi connectivity index (χ0v) is 5.59. The molecule has 0 aliphatic rings. The van der Waals surface area contributed by atoms with Crippen LogP contribution in [0.15, 0.2) is 0 Å². The Bertz CT molecular complexity index is 104. The number of nitrogens with two attached hydrogens (primary N) is 1. The summed E-state index contributed by atoms with van der Waals surface area (Å²) in [4.78, 5) is 9.77. The molecule has 48 valence electrons. The molecule has 9 heavy (non-hydrogen) atoms. The van der Waals surface area contributed by atoms with Gasteiger partial charge in [-0.15, -0.1) is 0 Å². The Hall–Kier alpha value is 0.710. The van der Waals surface area contributed by atoms with Crippen molar-refractivity contribution >= 4 is 63.8 Å². The van der Waals surface area contributed by atoms with Gasteiger partial charge >= 0.3 is 35.5 Å². The van der Waals surface area contributed by atoms with Crippen LogP contribution in [0.1, 0.15) is 0 Å². The molecule has 0 saturated heterocycles. The third-order valence-corrected chi connectivity index (χ3v) is 1.37. The maximum atomic E-state index is 9.77. The van der Waals surface area contributed by atoms with Gasteiger partial charge in [0.25, 0.3) is 0 Å². The summed E-state index contributed by atoms with van der Waals surface area (Å²) in [5.74, 6) is -0.946. The average Bonchev–Trinajstić information content (AvgIpc) is 1.61. The minimum absolute atomic E-state index is 0. The number of carboxylic acid groups (broad SMARTS) is 1. The number of rotatable bonds is 2. The van der Waals surface area contributed by atoms with Gasteiger partial charge in [0.15, 0.2) is 0 Å². The van der Waals surface area contributed by atoms with Crippen LogP contribution in [0.3, 0.4) is 0 Å². The van der Waals surface area contributed by atoms with Crippen LogP contribution in [0.4, 0.5) is 0 Å². The van der Waals surface area contributed by atoms with Gasteiger partial charge < -0.3 is 10.8 Å². The molecule has 0 heterocycles. The Morgan fingerprint density at radius 3 is 2.33 bits per heavy atom. The molecule has 0 atom stereocenters. The summed E-state index contributed by atoms with van der Waals surface area (Å²) in [6.45, 7) is 0. The predicted octanol–water partition coefficient (Wildman–Crippen LogP) is -0.601. The first-order chi connectivity index (χ1) is 3.63. The Morgan fingerprint density at radius 2 is 2.22 bits per heavy atom. The monoisotopic (exact) mass is 175 g/mol. The fourth-order valence-corrected chi connectivity index (χ4v) is 0.575. The van der Waals surface area contributed by atoms with Gasteiger partial charge in [-0.3, -0.25) is 4.79 Å². The molecule has 3 nitrogen and oxygen atoms in total. The molecule has 0 aromatic heterocycles. The van der Waals surface area contributed by atoms with Crippen molar-refractivity contribution in [3.8, 4) is 0 Å². The number of hydrogen-bond acceptors (Lipinski definition) is 3. The maximum absolute atomic E-state index is 9.77. The first kappa shape index (κ1) is 12.4. The first-order valence-corrected chi connectivity index (χ1v) is 3.16. The Labute approximate surface area is 84.7 Å². The zero-order valence-electron chi connectivity index (χ0n) is 3.96. The average molecular weight is 175 g/mol. The van der Waals surface area contributed by atoms with E-state index in [9.17, 15) is 4.79 Å². The number of thiocarbonyl (C=S) groups is 1. The van der Waals surface area contributed by atoms with E-state index in [4.69, 9.17) is 10.8 Å². The van der Waals surface area contributed by atoms with E-state index in [0.29, 0.717) is 0 Å². The summed E-state index contributed by atoms with van der Waals surface area (Å²) >= 11 is 5.34. The molecule has 0 aromatic rings. The van der Waals surface area contributed by atoms with Gasteiger partial charge in [0.05, 0.1) is 5.75 Å². The first-order valence-electron chi connectivity index (χ1n) is 1.77. The van der Waals surface area contributed by atoms with E-state index in [1.54, 1.807) is 0 Å². The molecule has 0 aliphatic carbocycles. The standard InChI is InChI=1S/C3H5NO2S2.Na.H/c4-3(7)8-1-2(5)6;;/h1H2,(H2,4,7)(H,5,6);;. The molecule has 0 aliphatic heterocycles. The van der Waals surface area contributed by atoms with E-state index in [1.165, 1.54) is 0 Å². The molecule has 0 saturated carbocycles. The van der Waals surface area contributed by atoms with Crippen molar-refractivity contribution in [1.29, 1.82) is 0 Å².